The molecule has 0 saturated carbocycles. The number of rotatable bonds is 4. The lowest BCUT2D eigenvalue weighted by Gasteiger charge is -2.22. The number of hydrogen-bond donors (Lipinski definition) is 0. The van der Waals surface area contributed by atoms with Crippen LogP contribution >= 0.6 is 11.6 Å². The molecular formula is C16H12ClNO3. The van der Waals surface area contributed by atoms with E-state index in [0.717, 1.165) is 5.76 Å². The fourth-order valence-electron chi connectivity index (χ4n) is 2.34. The third kappa shape index (κ3) is 2.38. The average molecular weight is 302 g/mol. The third-order valence-electron chi connectivity index (χ3n) is 3.37. The molecule has 0 bridgehead atoms. The third-order valence-corrected chi connectivity index (χ3v) is 3.62. The summed E-state index contributed by atoms with van der Waals surface area (Å²) in [4.78, 5) is 25.5. The van der Waals surface area contributed by atoms with Crippen LogP contribution < -0.4 is 15.8 Å². The highest BCUT2D eigenvalue weighted by Crippen LogP contribution is 2.27. The summed E-state index contributed by atoms with van der Waals surface area (Å²) in [5.74, 6) is 0.729. The van der Waals surface area contributed by atoms with Gasteiger partial charge in [0, 0.05) is 12.1 Å². The molecule has 2 aromatic carbocycles. The van der Waals surface area contributed by atoms with Gasteiger partial charge < -0.3 is 9.32 Å². The first-order valence-electron chi connectivity index (χ1n) is 6.40. The fourth-order valence-corrected chi connectivity index (χ4v) is 2.47. The fraction of sp³-hybridized carbons (Fsp3) is 0.125. The molecule has 106 valence electrons. The maximum atomic E-state index is 11.9. The van der Waals surface area contributed by atoms with Crippen LogP contribution in [0.1, 0.15) is 5.76 Å². The molecule has 0 aliphatic heterocycles. The Hall–Kier alpha value is -2.33. The number of anilines is 1. The molecule has 3 rings (SSSR count). The zero-order chi connectivity index (χ0) is 15.0. The van der Waals surface area contributed by atoms with Crippen molar-refractivity contribution in [2.45, 2.75) is 6.54 Å². The number of hydrogen-bond acceptors (Lipinski definition) is 4. The SMILES string of the molecule is CN(Cc1ccco1)c1c(-c2ccc(Cl)cc2)c(=O)c1=O. The lowest BCUT2D eigenvalue weighted by Crippen LogP contribution is -2.40. The van der Waals surface area contributed by atoms with Gasteiger partial charge in [0.25, 0.3) is 0 Å². The quantitative estimate of drug-likeness (QED) is 0.695. The van der Waals surface area contributed by atoms with Gasteiger partial charge in [0.15, 0.2) is 0 Å². The number of furan rings is 1. The van der Waals surface area contributed by atoms with Gasteiger partial charge >= 0.3 is 0 Å². The Morgan fingerprint density at radius 2 is 1.81 bits per heavy atom. The van der Waals surface area contributed by atoms with E-state index in [1.54, 1.807) is 48.5 Å². The molecule has 1 aromatic heterocycles. The summed E-state index contributed by atoms with van der Waals surface area (Å²) in [7, 11) is 1.76. The maximum Gasteiger partial charge on any atom is 0.250 e. The van der Waals surface area contributed by atoms with Gasteiger partial charge in [-0.3, -0.25) is 9.59 Å². The van der Waals surface area contributed by atoms with Crippen LogP contribution in [0, 0.1) is 0 Å². The highest BCUT2D eigenvalue weighted by atomic mass is 35.5. The Labute approximate surface area is 125 Å². The topological polar surface area (TPSA) is 50.5 Å². The molecule has 0 amide bonds. The number of halogens is 1. The zero-order valence-corrected chi connectivity index (χ0v) is 12.1. The second-order valence-electron chi connectivity index (χ2n) is 4.82. The van der Waals surface area contributed by atoms with Crippen LogP contribution in [-0.4, -0.2) is 7.05 Å². The Morgan fingerprint density at radius 1 is 1.10 bits per heavy atom. The predicted octanol–water partition coefficient (Wildman–Crippen LogP) is 2.83. The molecule has 0 spiro atoms. The second kappa shape index (κ2) is 5.22. The lowest BCUT2D eigenvalue weighted by atomic mass is 9.98. The van der Waals surface area contributed by atoms with Crippen LogP contribution in [0.25, 0.3) is 11.1 Å². The van der Waals surface area contributed by atoms with Gasteiger partial charge in [-0.05, 0) is 29.8 Å². The summed E-state index contributed by atoms with van der Waals surface area (Å²) in [5, 5.41) is 0.586. The summed E-state index contributed by atoms with van der Waals surface area (Å²) in [6.45, 7) is 0.429. The van der Waals surface area contributed by atoms with Crippen molar-refractivity contribution < 1.29 is 4.42 Å². The van der Waals surface area contributed by atoms with Crippen LogP contribution in [0.4, 0.5) is 5.69 Å². The maximum absolute atomic E-state index is 11.9. The van der Waals surface area contributed by atoms with E-state index < -0.39 is 10.9 Å². The first-order valence-corrected chi connectivity index (χ1v) is 6.78. The van der Waals surface area contributed by atoms with Gasteiger partial charge in [-0.2, -0.15) is 0 Å². The van der Waals surface area contributed by atoms with E-state index in [4.69, 9.17) is 16.0 Å². The largest absolute Gasteiger partial charge is 0.467 e. The monoisotopic (exact) mass is 301 g/mol. The van der Waals surface area contributed by atoms with Crippen molar-refractivity contribution in [3.05, 3.63) is 73.9 Å². The van der Waals surface area contributed by atoms with Crippen molar-refractivity contribution in [2.24, 2.45) is 0 Å². The number of benzene rings is 1. The number of nitrogens with zero attached hydrogens (tertiary/aromatic N) is 1. The molecule has 0 fully saturated rings. The molecule has 0 unspecified atom stereocenters. The molecule has 0 N–H and O–H groups in total. The molecule has 3 aromatic rings. The van der Waals surface area contributed by atoms with Crippen molar-refractivity contribution in [3.8, 4) is 11.1 Å². The van der Waals surface area contributed by atoms with Crippen LogP contribution in [0.2, 0.25) is 5.02 Å². The van der Waals surface area contributed by atoms with Gasteiger partial charge in [-0.15, -0.1) is 0 Å². The van der Waals surface area contributed by atoms with Gasteiger partial charge in [0.1, 0.15) is 11.4 Å². The molecule has 0 aliphatic carbocycles. The summed E-state index contributed by atoms with van der Waals surface area (Å²) in [6, 6.07) is 10.5. The lowest BCUT2D eigenvalue weighted by molar-refractivity contribution is 0.507. The molecule has 5 heteroatoms. The van der Waals surface area contributed by atoms with E-state index in [2.05, 4.69) is 0 Å². The molecule has 0 aliphatic rings. The smallest absolute Gasteiger partial charge is 0.250 e. The first-order chi connectivity index (χ1) is 10.1. The standard InChI is InChI=1S/C16H12ClNO3/c1-18(9-12-3-2-8-21-12)14-13(15(19)16(14)20)10-4-6-11(17)7-5-10/h2-8H,9H2,1H3. The van der Waals surface area contributed by atoms with E-state index in [9.17, 15) is 9.59 Å². The van der Waals surface area contributed by atoms with E-state index in [1.165, 1.54) is 0 Å². The van der Waals surface area contributed by atoms with E-state index in [0.29, 0.717) is 28.4 Å². The van der Waals surface area contributed by atoms with E-state index >= 15 is 0 Å². The Morgan fingerprint density at radius 3 is 2.43 bits per heavy atom. The van der Waals surface area contributed by atoms with Crippen molar-refractivity contribution in [2.75, 3.05) is 11.9 Å². The predicted molar refractivity (Wildman–Crippen MR) is 82.6 cm³/mol. The molecule has 21 heavy (non-hydrogen) atoms. The molecular weight excluding hydrogens is 290 g/mol. The summed E-state index contributed by atoms with van der Waals surface area (Å²) in [6.07, 6.45) is 1.57. The summed E-state index contributed by atoms with van der Waals surface area (Å²) >= 11 is 5.85. The molecule has 0 atom stereocenters. The van der Waals surface area contributed by atoms with E-state index in [-0.39, 0.29) is 0 Å². The van der Waals surface area contributed by atoms with Crippen LogP contribution in [0.3, 0.4) is 0 Å². The van der Waals surface area contributed by atoms with Crippen molar-refractivity contribution in [1.29, 1.82) is 0 Å². The Kier molecular flexibility index (Phi) is 3.39. The zero-order valence-electron chi connectivity index (χ0n) is 11.3. The van der Waals surface area contributed by atoms with Crippen LogP contribution in [0.15, 0.2) is 56.7 Å². The minimum Gasteiger partial charge on any atom is -0.467 e. The molecule has 4 nitrogen and oxygen atoms in total. The van der Waals surface area contributed by atoms with E-state index in [1.807, 2.05) is 6.07 Å². The van der Waals surface area contributed by atoms with Crippen LogP contribution in [0.5, 0.6) is 0 Å². The van der Waals surface area contributed by atoms with Crippen molar-refractivity contribution in [1.82, 2.24) is 0 Å². The molecule has 1 heterocycles. The minimum atomic E-state index is -0.464. The second-order valence-corrected chi connectivity index (χ2v) is 5.26. The Balaban J connectivity index is 1.97. The van der Waals surface area contributed by atoms with Crippen molar-refractivity contribution in [3.63, 3.8) is 0 Å². The van der Waals surface area contributed by atoms with Crippen molar-refractivity contribution >= 4 is 17.3 Å². The van der Waals surface area contributed by atoms with Gasteiger partial charge in [0.2, 0.25) is 10.9 Å². The van der Waals surface area contributed by atoms with Crippen LogP contribution in [-0.2, 0) is 6.54 Å². The Bertz CT molecular complexity index is 828. The highest BCUT2D eigenvalue weighted by molar-refractivity contribution is 6.30. The van der Waals surface area contributed by atoms with Gasteiger partial charge in [0.05, 0.1) is 18.4 Å². The summed E-state index contributed by atoms with van der Waals surface area (Å²) < 4.78 is 5.26. The normalized spacial score (nSPS) is 11.0. The minimum absolute atomic E-state index is 0.415. The summed E-state index contributed by atoms with van der Waals surface area (Å²) in [5.41, 5.74) is 0.627. The average Bonchev–Trinajstić information content (AvgIpc) is 2.97. The molecule has 0 radical (unpaired) electrons. The molecule has 0 saturated heterocycles. The highest BCUT2D eigenvalue weighted by Gasteiger charge is 2.25. The van der Waals surface area contributed by atoms with Gasteiger partial charge in [-0.25, -0.2) is 0 Å². The first kappa shape index (κ1) is 13.6. The van der Waals surface area contributed by atoms with Gasteiger partial charge in [-0.1, -0.05) is 23.7 Å².